The first-order chi connectivity index (χ1) is 8.74. The summed E-state index contributed by atoms with van der Waals surface area (Å²) in [5, 5.41) is 0. The maximum Gasteiger partial charge on any atom is 0.242 e. The van der Waals surface area contributed by atoms with Crippen LogP contribution in [0.15, 0.2) is 30.5 Å². The van der Waals surface area contributed by atoms with Crippen molar-refractivity contribution in [3.8, 4) is 11.6 Å². The Morgan fingerprint density at radius 2 is 2.00 bits per heavy atom. The molecule has 0 saturated carbocycles. The monoisotopic (exact) mass is 240 g/mol. The molecule has 0 bridgehead atoms. The second-order valence-corrected chi connectivity index (χ2v) is 4.73. The van der Waals surface area contributed by atoms with E-state index in [1.807, 2.05) is 19.1 Å². The third-order valence-corrected chi connectivity index (χ3v) is 3.46. The molecule has 0 spiro atoms. The molecule has 92 valence electrons. The lowest BCUT2D eigenvalue weighted by Crippen LogP contribution is -1.97. The van der Waals surface area contributed by atoms with E-state index in [0.29, 0.717) is 11.6 Å². The van der Waals surface area contributed by atoms with Gasteiger partial charge in [0.25, 0.3) is 0 Å². The van der Waals surface area contributed by atoms with E-state index in [9.17, 15) is 0 Å². The summed E-state index contributed by atoms with van der Waals surface area (Å²) in [6.45, 7) is 1.95. The molecule has 3 rings (SSSR count). The van der Waals surface area contributed by atoms with Gasteiger partial charge in [-0.1, -0.05) is 6.07 Å². The number of fused-ring (bicyclic) bond motifs is 1. The Morgan fingerprint density at radius 3 is 2.89 bits per heavy atom. The number of hydrogen-bond acceptors (Lipinski definition) is 3. The predicted octanol–water partition coefficient (Wildman–Crippen LogP) is 3.25. The van der Waals surface area contributed by atoms with E-state index >= 15 is 0 Å². The van der Waals surface area contributed by atoms with Crippen LogP contribution in [0.5, 0.6) is 11.6 Å². The highest BCUT2D eigenvalue weighted by Crippen LogP contribution is 2.31. The van der Waals surface area contributed by atoms with Crippen molar-refractivity contribution in [2.75, 3.05) is 5.73 Å². The van der Waals surface area contributed by atoms with E-state index in [2.05, 4.69) is 17.1 Å². The molecule has 0 atom stereocenters. The zero-order valence-corrected chi connectivity index (χ0v) is 10.4. The summed E-state index contributed by atoms with van der Waals surface area (Å²) < 4.78 is 5.78. The fourth-order valence-electron chi connectivity index (χ4n) is 2.35. The van der Waals surface area contributed by atoms with Gasteiger partial charge in [0.1, 0.15) is 5.75 Å². The van der Waals surface area contributed by atoms with Gasteiger partial charge < -0.3 is 10.5 Å². The lowest BCUT2D eigenvalue weighted by atomic mass is 10.1. The average Bonchev–Trinajstić information content (AvgIpc) is 2.82. The number of pyridine rings is 1. The van der Waals surface area contributed by atoms with Crippen LogP contribution in [0.4, 0.5) is 5.69 Å². The largest absolute Gasteiger partial charge is 0.437 e. The topological polar surface area (TPSA) is 48.1 Å². The second kappa shape index (κ2) is 4.33. The molecule has 0 fully saturated rings. The Hall–Kier alpha value is -2.03. The molecule has 3 nitrogen and oxygen atoms in total. The fourth-order valence-corrected chi connectivity index (χ4v) is 2.35. The molecular formula is C15H16N2O. The van der Waals surface area contributed by atoms with Crippen molar-refractivity contribution in [1.82, 2.24) is 4.98 Å². The highest BCUT2D eigenvalue weighted by Gasteiger charge is 2.12. The van der Waals surface area contributed by atoms with Crippen molar-refractivity contribution >= 4 is 5.69 Å². The van der Waals surface area contributed by atoms with Crippen LogP contribution in [0.1, 0.15) is 23.1 Å². The average molecular weight is 240 g/mol. The molecule has 0 radical (unpaired) electrons. The lowest BCUT2D eigenvalue weighted by Gasteiger charge is -2.10. The van der Waals surface area contributed by atoms with Crippen molar-refractivity contribution in [3.05, 3.63) is 47.2 Å². The molecule has 0 saturated heterocycles. The predicted molar refractivity (Wildman–Crippen MR) is 71.9 cm³/mol. The summed E-state index contributed by atoms with van der Waals surface area (Å²) in [6, 6.07) is 8.12. The van der Waals surface area contributed by atoms with E-state index in [1.54, 1.807) is 6.20 Å². The number of nitrogens with two attached hydrogens (primary N) is 1. The number of anilines is 1. The number of nitrogens with zero attached hydrogens (tertiary/aromatic N) is 1. The molecule has 1 heterocycles. The minimum Gasteiger partial charge on any atom is -0.437 e. The molecule has 0 amide bonds. The molecule has 1 aromatic carbocycles. The van der Waals surface area contributed by atoms with E-state index in [4.69, 9.17) is 10.5 Å². The van der Waals surface area contributed by atoms with E-state index < -0.39 is 0 Å². The van der Waals surface area contributed by atoms with Crippen molar-refractivity contribution in [1.29, 1.82) is 0 Å². The molecule has 3 heteroatoms. The van der Waals surface area contributed by atoms with Crippen LogP contribution in [0.25, 0.3) is 0 Å². The Bertz CT molecular complexity index is 593. The highest BCUT2D eigenvalue weighted by atomic mass is 16.5. The van der Waals surface area contributed by atoms with Crippen LogP contribution >= 0.6 is 0 Å². The van der Waals surface area contributed by atoms with Crippen LogP contribution in [0.3, 0.4) is 0 Å². The minimum absolute atomic E-state index is 0.493. The summed E-state index contributed by atoms with van der Waals surface area (Å²) in [5.41, 5.74) is 10.4. The van der Waals surface area contributed by atoms with Gasteiger partial charge in [0.15, 0.2) is 0 Å². The van der Waals surface area contributed by atoms with Crippen LogP contribution < -0.4 is 10.5 Å². The normalized spacial score (nSPS) is 13.4. The summed E-state index contributed by atoms with van der Waals surface area (Å²) in [5.74, 6) is 1.31. The zero-order chi connectivity index (χ0) is 12.5. The first kappa shape index (κ1) is 11.1. The Kier molecular flexibility index (Phi) is 2.67. The Labute approximate surface area is 107 Å². The van der Waals surface area contributed by atoms with Gasteiger partial charge >= 0.3 is 0 Å². The number of hydrogen-bond donors (Lipinski definition) is 1. The molecule has 2 N–H and O–H groups in total. The molecule has 1 aliphatic carbocycles. The van der Waals surface area contributed by atoms with E-state index in [0.717, 1.165) is 17.7 Å². The molecule has 2 aromatic rings. The first-order valence-corrected chi connectivity index (χ1v) is 6.25. The van der Waals surface area contributed by atoms with Gasteiger partial charge in [0.2, 0.25) is 5.88 Å². The maximum absolute atomic E-state index is 5.96. The van der Waals surface area contributed by atoms with Gasteiger partial charge in [-0.15, -0.1) is 0 Å². The summed E-state index contributed by atoms with van der Waals surface area (Å²) in [4.78, 5) is 4.18. The first-order valence-electron chi connectivity index (χ1n) is 6.25. The van der Waals surface area contributed by atoms with Crippen molar-refractivity contribution in [2.45, 2.75) is 26.2 Å². The van der Waals surface area contributed by atoms with E-state index in [1.165, 1.54) is 24.0 Å². The quantitative estimate of drug-likeness (QED) is 0.876. The zero-order valence-electron chi connectivity index (χ0n) is 10.4. The number of aryl methyl sites for hydroxylation is 3. The molecule has 1 aliphatic rings. The van der Waals surface area contributed by atoms with Crippen molar-refractivity contribution in [2.24, 2.45) is 0 Å². The smallest absolute Gasteiger partial charge is 0.242 e. The van der Waals surface area contributed by atoms with Gasteiger partial charge in [-0.25, -0.2) is 4.98 Å². The second-order valence-electron chi connectivity index (χ2n) is 4.73. The van der Waals surface area contributed by atoms with E-state index in [-0.39, 0.29) is 0 Å². The lowest BCUT2D eigenvalue weighted by molar-refractivity contribution is 0.464. The SMILES string of the molecule is Cc1ccnc(Oc2ccc3c(c2)CCC3)c1N. The number of rotatable bonds is 2. The number of nitrogen functional groups attached to an aromatic ring is 1. The summed E-state index contributed by atoms with van der Waals surface area (Å²) in [6.07, 6.45) is 5.28. The van der Waals surface area contributed by atoms with Gasteiger partial charge in [-0.2, -0.15) is 0 Å². The van der Waals surface area contributed by atoms with Crippen LogP contribution in [0.2, 0.25) is 0 Å². The molecule has 18 heavy (non-hydrogen) atoms. The Morgan fingerprint density at radius 1 is 1.17 bits per heavy atom. The minimum atomic E-state index is 0.493. The van der Waals surface area contributed by atoms with Gasteiger partial charge in [0.05, 0.1) is 5.69 Å². The summed E-state index contributed by atoms with van der Waals surface area (Å²) >= 11 is 0. The van der Waals surface area contributed by atoms with Gasteiger partial charge in [-0.3, -0.25) is 0 Å². The number of ether oxygens (including phenoxy) is 1. The number of aromatic nitrogens is 1. The van der Waals surface area contributed by atoms with Crippen molar-refractivity contribution in [3.63, 3.8) is 0 Å². The highest BCUT2D eigenvalue weighted by molar-refractivity contribution is 5.55. The third-order valence-electron chi connectivity index (χ3n) is 3.46. The van der Waals surface area contributed by atoms with Crippen molar-refractivity contribution < 1.29 is 4.74 Å². The standard InChI is InChI=1S/C15H16N2O/c1-10-7-8-17-15(14(10)16)18-13-6-5-11-3-2-4-12(11)9-13/h5-9H,2-4,16H2,1H3. The molecule has 0 aliphatic heterocycles. The van der Waals surface area contributed by atoms with Gasteiger partial charge in [0, 0.05) is 6.20 Å². The van der Waals surface area contributed by atoms with Gasteiger partial charge in [-0.05, 0) is 61.1 Å². The fraction of sp³-hybridized carbons (Fsp3) is 0.267. The summed E-state index contributed by atoms with van der Waals surface area (Å²) in [7, 11) is 0. The molecule has 1 aromatic heterocycles. The maximum atomic E-state index is 5.96. The van der Waals surface area contributed by atoms with Crippen LogP contribution in [-0.4, -0.2) is 4.98 Å². The number of benzene rings is 1. The van der Waals surface area contributed by atoms with Crippen LogP contribution in [0, 0.1) is 6.92 Å². The third kappa shape index (κ3) is 1.92. The Balaban J connectivity index is 1.90. The van der Waals surface area contributed by atoms with Crippen LogP contribution in [-0.2, 0) is 12.8 Å². The molecular weight excluding hydrogens is 224 g/mol. The molecule has 0 unspecified atom stereocenters.